The number of hydrogen-bond acceptors (Lipinski definition) is 6. The molecule has 0 unspecified atom stereocenters. The summed E-state index contributed by atoms with van der Waals surface area (Å²) in [7, 11) is 0. The van der Waals surface area contributed by atoms with Crippen molar-refractivity contribution in [1.82, 2.24) is 14.8 Å². The maximum Gasteiger partial charge on any atom is 0.573 e. The Balaban J connectivity index is 1.37. The second kappa shape index (κ2) is 10.7. The van der Waals surface area contributed by atoms with Crippen molar-refractivity contribution >= 4 is 28.1 Å². The average Bonchev–Trinajstić information content (AvgIpc) is 3.24. The van der Waals surface area contributed by atoms with Gasteiger partial charge < -0.3 is 20.4 Å². The molecule has 5 rings (SSSR count). The number of halogens is 3. The zero-order valence-electron chi connectivity index (χ0n) is 21.0. The molecule has 0 saturated heterocycles. The van der Waals surface area contributed by atoms with Crippen LogP contribution in [0, 0.1) is 16.7 Å². The molecule has 3 N–H and O–H groups in total. The summed E-state index contributed by atoms with van der Waals surface area (Å²) in [5, 5.41) is 21.3. The molecular formula is C28H27F3N6O2. The molecule has 4 aromatic rings. The van der Waals surface area contributed by atoms with Crippen molar-refractivity contribution in [3.8, 4) is 11.8 Å². The number of pyridine rings is 1. The highest BCUT2D eigenvalue weighted by Gasteiger charge is 2.37. The van der Waals surface area contributed by atoms with Crippen molar-refractivity contribution in [2.45, 2.75) is 51.1 Å². The van der Waals surface area contributed by atoms with Gasteiger partial charge in [-0.3, -0.25) is 9.48 Å². The third-order valence-electron chi connectivity index (χ3n) is 7.16. The molecule has 0 aliphatic heterocycles. The Labute approximate surface area is 222 Å². The van der Waals surface area contributed by atoms with Gasteiger partial charge in [0.2, 0.25) is 0 Å². The van der Waals surface area contributed by atoms with Gasteiger partial charge in [-0.05, 0) is 68.1 Å². The van der Waals surface area contributed by atoms with Gasteiger partial charge in [-0.1, -0.05) is 18.2 Å². The molecule has 0 radical (unpaired) electrons. The fourth-order valence-electron chi connectivity index (χ4n) is 5.24. The Hall–Kier alpha value is -4.46. The number of benzene rings is 2. The lowest BCUT2D eigenvalue weighted by Gasteiger charge is -2.39. The van der Waals surface area contributed by atoms with Gasteiger partial charge in [-0.25, -0.2) is 0 Å². The minimum absolute atomic E-state index is 0.280. The third kappa shape index (κ3) is 6.17. The van der Waals surface area contributed by atoms with E-state index in [0.29, 0.717) is 35.6 Å². The smallest absolute Gasteiger partial charge is 0.406 e. The van der Waals surface area contributed by atoms with Gasteiger partial charge in [0, 0.05) is 42.0 Å². The Morgan fingerprint density at radius 3 is 2.46 bits per heavy atom. The summed E-state index contributed by atoms with van der Waals surface area (Å²) in [6, 6.07) is 19.7. The van der Waals surface area contributed by atoms with Crippen LogP contribution in [-0.2, 0) is 6.54 Å². The molecule has 2 aromatic carbocycles. The van der Waals surface area contributed by atoms with Crippen molar-refractivity contribution in [3.63, 3.8) is 0 Å². The number of rotatable bonds is 8. The van der Waals surface area contributed by atoms with E-state index in [1.165, 1.54) is 24.3 Å². The molecule has 1 aliphatic rings. The van der Waals surface area contributed by atoms with Crippen molar-refractivity contribution < 1.29 is 17.9 Å². The molecule has 0 atom stereocenters. The summed E-state index contributed by atoms with van der Waals surface area (Å²) < 4.78 is 43.2. The van der Waals surface area contributed by atoms with E-state index in [0.717, 1.165) is 31.4 Å². The minimum atomic E-state index is -4.78. The third-order valence-corrected chi connectivity index (χ3v) is 7.16. The molecule has 1 aliphatic carbocycles. The summed E-state index contributed by atoms with van der Waals surface area (Å²) >= 11 is 0. The molecule has 1 fully saturated rings. The van der Waals surface area contributed by atoms with E-state index in [9.17, 15) is 23.2 Å². The quantitative estimate of drug-likeness (QED) is 0.243. The number of nitrogens with one attached hydrogen (secondary N) is 3. The number of nitrogens with zero attached hydrogens (tertiary/aromatic N) is 3. The lowest BCUT2D eigenvalue weighted by atomic mass is 9.70. The molecular weight excluding hydrogens is 509 g/mol. The topological polar surface area (TPSA) is 108 Å². The number of aromatic amines is 1. The summed E-state index contributed by atoms with van der Waals surface area (Å²) in [5.41, 5.74) is 1.47. The lowest BCUT2D eigenvalue weighted by Crippen LogP contribution is -2.36. The van der Waals surface area contributed by atoms with Gasteiger partial charge in [-0.15, -0.1) is 13.2 Å². The van der Waals surface area contributed by atoms with Crippen LogP contribution in [0.15, 0.2) is 71.7 Å². The van der Waals surface area contributed by atoms with Crippen LogP contribution in [0.4, 0.5) is 30.4 Å². The first-order chi connectivity index (χ1) is 18.7. The number of alkyl halides is 3. The first kappa shape index (κ1) is 26.2. The van der Waals surface area contributed by atoms with E-state index in [4.69, 9.17) is 0 Å². The van der Waals surface area contributed by atoms with Gasteiger partial charge in [0.05, 0.1) is 11.6 Å². The van der Waals surface area contributed by atoms with Crippen molar-refractivity contribution in [2.24, 2.45) is 5.41 Å². The molecule has 2 aromatic heterocycles. The Morgan fingerprint density at radius 2 is 1.79 bits per heavy atom. The molecule has 2 heterocycles. The molecule has 0 bridgehead atoms. The first-order valence-corrected chi connectivity index (χ1v) is 12.6. The zero-order valence-corrected chi connectivity index (χ0v) is 21.0. The number of fused-ring (bicyclic) bond motifs is 1. The second-order valence-electron chi connectivity index (χ2n) is 9.89. The molecule has 11 heteroatoms. The van der Waals surface area contributed by atoms with Crippen molar-refractivity contribution in [1.29, 1.82) is 5.26 Å². The van der Waals surface area contributed by atoms with Crippen LogP contribution in [0.3, 0.4) is 0 Å². The Bertz CT molecular complexity index is 1520. The first-order valence-electron chi connectivity index (χ1n) is 12.6. The predicted molar refractivity (Wildman–Crippen MR) is 142 cm³/mol. The van der Waals surface area contributed by atoms with Gasteiger partial charge in [0.1, 0.15) is 11.1 Å². The van der Waals surface area contributed by atoms with Gasteiger partial charge >= 0.3 is 6.36 Å². The van der Waals surface area contributed by atoms with Gasteiger partial charge in [-0.2, -0.15) is 10.4 Å². The van der Waals surface area contributed by atoms with Crippen LogP contribution in [0.1, 0.15) is 32.1 Å². The lowest BCUT2D eigenvalue weighted by molar-refractivity contribution is -0.274. The van der Waals surface area contributed by atoms with E-state index >= 15 is 0 Å². The maximum absolute atomic E-state index is 12.8. The van der Waals surface area contributed by atoms with Crippen LogP contribution >= 0.6 is 0 Å². The van der Waals surface area contributed by atoms with Crippen molar-refractivity contribution in [2.75, 3.05) is 10.6 Å². The maximum atomic E-state index is 12.8. The number of H-pyrrole nitrogens is 1. The number of anilines is 3. The minimum Gasteiger partial charge on any atom is -0.406 e. The molecule has 202 valence electrons. The summed E-state index contributed by atoms with van der Waals surface area (Å²) in [5.74, 6) is -0.0695. The highest BCUT2D eigenvalue weighted by molar-refractivity contribution is 5.91. The van der Waals surface area contributed by atoms with Crippen LogP contribution in [0.2, 0.25) is 0 Å². The highest BCUT2D eigenvalue weighted by Crippen LogP contribution is 2.42. The number of ether oxygens (including phenoxy) is 1. The second-order valence-corrected chi connectivity index (χ2v) is 9.89. The highest BCUT2D eigenvalue weighted by atomic mass is 19.4. The van der Waals surface area contributed by atoms with E-state index in [1.807, 2.05) is 30.3 Å². The van der Waals surface area contributed by atoms with E-state index < -0.39 is 6.36 Å². The summed E-state index contributed by atoms with van der Waals surface area (Å²) in [4.78, 5) is 15.4. The number of aromatic nitrogens is 3. The van der Waals surface area contributed by atoms with E-state index in [2.05, 4.69) is 31.5 Å². The average molecular weight is 537 g/mol. The number of para-hydroxylation sites is 1. The Morgan fingerprint density at radius 1 is 1.08 bits per heavy atom. The van der Waals surface area contributed by atoms with Gasteiger partial charge in [0.25, 0.3) is 5.56 Å². The van der Waals surface area contributed by atoms with Crippen LogP contribution in [0.5, 0.6) is 5.75 Å². The SMILES string of the molecule is N#CCC1(Cn2nc(Nc3ccc(OC(F)(F)F)cc3)c3c(=O)[nH]ccc32)CCC(Nc2ccccc2)CC1. The van der Waals surface area contributed by atoms with Crippen LogP contribution < -0.4 is 20.9 Å². The van der Waals surface area contributed by atoms with Crippen molar-refractivity contribution in [3.05, 3.63) is 77.2 Å². The molecule has 1 saturated carbocycles. The fourth-order valence-corrected chi connectivity index (χ4v) is 5.24. The molecule has 39 heavy (non-hydrogen) atoms. The van der Waals surface area contributed by atoms with Gasteiger partial charge in [0.15, 0.2) is 5.82 Å². The van der Waals surface area contributed by atoms with Crippen LogP contribution in [-0.4, -0.2) is 27.2 Å². The Kier molecular flexibility index (Phi) is 7.19. The summed E-state index contributed by atoms with van der Waals surface area (Å²) in [6.07, 6.45) is 0.555. The number of hydrogen-bond donors (Lipinski definition) is 3. The molecule has 8 nitrogen and oxygen atoms in total. The fraction of sp³-hybridized carbons (Fsp3) is 0.321. The monoisotopic (exact) mass is 536 g/mol. The summed E-state index contributed by atoms with van der Waals surface area (Å²) in [6.45, 7) is 0.457. The van der Waals surface area contributed by atoms with E-state index in [-0.39, 0.29) is 22.5 Å². The zero-order chi connectivity index (χ0) is 27.5. The number of nitriles is 1. The molecule has 0 amide bonds. The van der Waals surface area contributed by atoms with E-state index in [1.54, 1.807) is 16.9 Å². The van der Waals surface area contributed by atoms with Crippen LogP contribution in [0.25, 0.3) is 10.9 Å². The predicted octanol–water partition coefficient (Wildman–Crippen LogP) is 6.32. The largest absolute Gasteiger partial charge is 0.573 e. The normalized spacial score (nSPS) is 19.4. The standard InChI is InChI=1S/C28H27F3N6O2/c29-28(30,31)39-22-8-6-20(7-9-22)35-25-24-23(12-17-33-26(24)38)37(36-25)18-27(15-16-32)13-10-21(11-14-27)34-19-4-2-1-3-5-19/h1-9,12,17,21,34H,10-11,13-15,18H2,(H,33,38)(H,35,36). The molecule has 0 spiro atoms.